The molecule has 0 radical (unpaired) electrons. The Hall–Kier alpha value is -1.90. The van der Waals surface area contributed by atoms with Crippen LogP contribution in [0.2, 0.25) is 0 Å². The van der Waals surface area contributed by atoms with Crippen LogP contribution in [-0.2, 0) is 13.0 Å². The zero-order valence-corrected chi connectivity index (χ0v) is 12.6. The first-order chi connectivity index (χ1) is 10.5. The van der Waals surface area contributed by atoms with Crippen LogP contribution in [0.15, 0.2) is 36.8 Å². The number of aromatic nitrogens is 2. The van der Waals surface area contributed by atoms with Crippen molar-refractivity contribution in [3.8, 4) is 6.07 Å². The number of nitrogens with zero attached hydrogens (tertiary/aromatic N) is 3. The minimum Gasteiger partial charge on any atom is -0.386 e. The molecular weight excluding hydrogens is 305 g/mol. The van der Waals surface area contributed by atoms with Gasteiger partial charge in [-0.05, 0) is 24.5 Å². The van der Waals surface area contributed by atoms with Gasteiger partial charge in [0, 0.05) is 12.6 Å². The molecule has 1 fully saturated rings. The number of benzene rings is 1. The Labute approximate surface area is 132 Å². The Bertz CT molecular complexity index is 735. The van der Waals surface area contributed by atoms with Gasteiger partial charge in [0.05, 0.1) is 17.7 Å². The van der Waals surface area contributed by atoms with Crippen LogP contribution in [0.25, 0.3) is 0 Å². The van der Waals surface area contributed by atoms with Gasteiger partial charge in [0.15, 0.2) is 5.69 Å². The van der Waals surface area contributed by atoms with E-state index in [1.165, 1.54) is 12.4 Å². The molecule has 3 rings (SSSR count). The fourth-order valence-corrected chi connectivity index (χ4v) is 2.92. The summed E-state index contributed by atoms with van der Waals surface area (Å²) in [5, 5.41) is 19.9. The first kappa shape index (κ1) is 15.0. The van der Waals surface area contributed by atoms with Gasteiger partial charge in [-0.3, -0.25) is 0 Å². The van der Waals surface area contributed by atoms with Crippen LogP contribution in [-0.4, -0.2) is 25.1 Å². The maximum Gasteiger partial charge on any atom is 0.158 e. The third kappa shape index (κ3) is 2.72. The largest absolute Gasteiger partial charge is 0.386 e. The van der Waals surface area contributed by atoms with E-state index in [-0.39, 0.29) is 24.5 Å². The van der Waals surface area contributed by atoms with E-state index in [2.05, 4.69) is 4.98 Å². The second-order valence-electron chi connectivity index (χ2n) is 5.81. The first-order valence-corrected chi connectivity index (χ1v) is 7.40. The van der Waals surface area contributed by atoms with Gasteiger partial charge < -0.3 is 9.67 Å². The van der Waals surface area contributed by atoms with E-state index in [1.807, 2.05) is 6.07 Å². The fourth-order valence-electron chi connectivity index (χ4n) is 2.69. The molecule has 1 atom stereocenters. The van der Waals surface area contributed by atoms with Gasteiger partial charge in [-0.2, -0.15) is 5.26 Å². The van der Waals surface area contributed by atoms with Crippen LogP contribution in [0.4, 0.5) is 4.39 Å². The molecule has 1 heterocycles. The summed E-state index contributed by atoms with van der Waals surface area (Å²) in [4.78, 5) is 3.16. The van der Waals surface area contributed by atoms with Crippen molar-refractivity contribution in [1.82, 2.24) is 9.55 Å². The Morgan fingerprint density at radius 3 is 2.77 bits per heavy atom. The third-order valence-electron chi connectivity index (χ3n) is 4.16. The summed E-state index contributed by atoms with van der Waals surface area (Å²) in [5.41, 5.74) is -0.602. The molecule has 0 bridgehead atoms. The zero-order chi connectivity index (χ0) is 15.8. The van der Waals surface area contributed by atoms with Gasteiger partial charge in [0.1, 0.15) is 17.5 Å². The molecule has 1 aliphatic rings. The number of alkyl halides is 1. The summed E-state index contributed by atoms with van der Waals surface area (Å²) in [5.74, 6) is -0.356. The van der Waals surface area contributed by atoms with Crippen molar-refractivity contribution in [2.75, 3.05) is 0 Å². The van der Waals surface area contributed by atoms with E-state index < -0.39 is 10.5 Å². The molecule has 4 nitrogen and oxygen atoms in total. The Morgan fingerprint density at radius 2 is 2.18 bits per heavy atom. The van der Waals surface area contributed by atoms with E-state index in [4.69, 9.17) is 16.9 Å². The molecule has 1 aromatic carbocycles. The predicted molar refractivity (Wildman–Crippen MR) is 79.8 cm³/mol. The summed E-state index contributed by atoms with van der Waals surface area (Å²) in [6, 6.07) is 8.31. The van der Waals surface area contributed by atoms with Crippen LogP contribution in [0.3, 0.4) is 0 Å². The maximum atomic E-state index is 13.9. The van der Waals surface area contributed by atoms with Crippen molar-refractivity contribution in [2.45, 2.75) is 36.3 Å². The van der Waals surface area contributed by atoms with Crippen LogP contribution >= 0.6 is 11.6 Å². The topological polar surface area (TPSA) is 61.8 Å². The average molecular weight is 320 g/mol. The lowest BCUT2D eigenvalue weighted by Gasteiger charge is -2.33. The van der Waals surface area contributed by atoms with Crippen molar-refractivity contribution in [3.05, 3.63) is 53.9 Å². The first-order valence-electron chi connectivity index (χ1n) is 7.02. The molecular formula is C16H15ClFN3O. The van der Waals surface area contributed by atoms with Gasteiger partial charge in [-0.1, -0.05) is 18.2 Å². The lowest BCUT2D eigenvalue weighted by molar-refractivity contribution is 0.0101. The molecule has 2 aromatic rings. The summed E-state index contributed by atoms with van der Waals surface area (Å²) in [6.45, 7) is 0.166. The third-order valence-corrected chi connectivity index (χ3v) is 4.89. The van der Waals surface area contributed by atoms with Crippen LogP contribution < -0.4 is 0 Å². The summed E-state index contributed by atoms with van der Waals surface area (Å²) in [6.07, 6.45) is 4.50. The fraction of sp³-hybridized carbons (Fsp3) is 0.375. The number of nitriles is 1. The number of aliphatic hydroxyl groups is 1. The highest BCUT2D eigenvalue weighted by Crippen LogP contribution is 2.53. The SMILES string of the molecule is N#Cc1cn(CC(O)(Cc2ccccc2F)C2(Cl)CC2)cn1. The Kier molecular flexibility index (Phi) is 3.67. The van der Waals surface area contributed by atoms with Crippen LogP contribution in [0.5, 0.6) is 0 Å². The molecule has 6 heteroatoms. The van der Waals surface area contributed by atoms with Crippen molar-refractivity contribution in [3.63, 3.8) is 0 Å². The lowest BCUT2D eigenvalue weighted by atomic mass is 9.88. The average Bonchev–Trinajstić information content (AvgIpc) is 3.10. The number of imidazole rings is 1. The van der Waals surface area contributed by atoms with Crippen LogP contribution in [0.1, 0.15) is 24.1 Å². The highest BCUT2D eigenvalue weighted by atomic mass is 35.5. The van der Waals surface area contributed by atoms with Crippen LogP contribution in [0, 0.1) is 17.1 Å². The van der Waals surface area contributed by atoms with E-state index in [0.29, 0.717) is 18.4 Å². The molecule has 0 aliphatic heterocycles. The Balaban J connectivity index is 1.89. The maximum absolute atomic E-state index is 13.9. The summed E-state index contributed by atoms with van der Waals surface area (Å²) < 4.78 is 15.5. The highest BCUT2D eigenvalue weighted by molar-refractivity contribution is 6.26. The standard InChI is InChI=1S/C16H15ClFN3O/c17-15(5-6-15)16(22,7-12-3-1-2-4-14(12)18)10-21-9-13(8-19)20-11-21/h1-4,9,11,22H,5-7,10H2. The molecule has 1 N–H and O–H groups in total. The summed E-state index contributed by atoms with van der Waals surface area (Å²) >= 11 is 6.47. The normalized spacial score (nSPS) is 18.5. The van der Waals surface area contributed by atoms with Gasteiger partial charge in [-0.25, -0.2) is 9.37 Å². The minimum atomic E-state index is -1.30. The number of halogens is 2. The molecule has 1 saturated carbocycles. The van der Waals surface area contributed by atoms with Gasteiger partial charge in [0.2, 0.25) is 0 Å². The quantitative estimate of drug-likeness (QED) is 0.862. The van der Waals surface area contributed by atoms with Crippen molar-refractivity contribution >= 4 is 11.6 Å². The number of rotatable bonds is 5. The highest BCUT2D eigenvalue weighted by Gasteiger charge is 2.57. The number of hydrogen-bond donors (Lipinski definition) is 1. The van der Waals surface area contributed by atoms with Gasteiger partial charge >= 0.3 is 0 Å². The number of hydrogen-bond acceptors (Lipinski definition) is 3. The van der Waals surface area contributed by atoms with Crippen molar-refractivity contribution < 1.29 is 9.50 Å². The second-order valence-corrected chi connectivity index (χ2v) is 6.53. The molecule has 1 aromatic heterocycles. The molecule has 0 saturated heterocycles. The molecule has 0 spiro atoms. The molecule has 0 amide bonds. The van der Waals surface area contributed by atoms with E-state index in [1.54, 1.807) is 29.0 Å². The zero-order valence-electron chi connectivity index (χ0n) is 11.8. The minimum absolute atomic E-state index is 0.114. The molecule has 22 heavy (non-hydrogen) atoms. The second kappa shape index (κ2) is 5.38. The van der Waals surface area contributed by atoms with Crippen molar-refractivity contribution in [2.24, 2.45) is 0 Å². The van der Waals surface area contributed by atoms with E-state index >= 15 is 0 Å². The predicted octanol–water partition coefficient (Wildman–Crippen LogP) is 2.64. The van der Waals surface area contributed by atoms with E-state index in [9.17, 15) is 9.50 Å². The van der Waals surface area contributed by atoms with E-state index in [0.717, 1.165) is 0 Å². The molecule has 1 unspecified atom stereocenters. The van der Waals surface area contributed by atoms with Gasteiger partial charge in [0.25, 0.3) is 0 Å². The smallest absolute Gasteiger partial charge is 0.158 e. The van der Waals surface area contributed by atoms with Crippen molar-refractivity contribution in [1.29, 1.82) is 5.26 Å². The summed E-state index contributed by atoms with van der Waals surface area (Å²) in [7, 11) is 0. The lowest BCUT2D eigenvalue weighted by Crippen LogP contribution is -2.47. The molecule has 114 valence electrons. The molecule has 1 aliphatic carbocycles. The Morgan fingerprint density at radius 1 is 1.45 bits per heavy atom. The monoisotopic (exact) mass is 319 g/mol. The van der Waals surface area contributed by atoms with Gasteiger partial charge in [-0.15, -0.1) is 11.6 Å².